The molecule has 0 aliphatic rings. The van der Waals surface area contributed by atoms with Gasteiger partial charge in [0.05, 0.1) is 4.92 Å². The van der Waals surface area contributed by atoms with Gasteiger partial charge in [0.2, 0.25) is 5.03 Å². The van der Waals surface area contributed by atoms with Crippen LogP contribution in [0.5, 0.6) is 0 Å². The van der Waals surface area contributed by atoms with Gasteiger partial charge in [-0.05, 0) is 12.1 Å². The molecule has 1 aromatic carbocycles. The Kier molecular flexibility index (Phi) is 4.24. The van der Waals surface area contributed by atoms with Crippen LogP contribution in [0.15, 0.2) is 47.6 Å². The Morgan fingerprint density at radius 3 is 2.62 bits per heavy atom. The first kappa shape index (κ1) is 15.0. The molecule has 0 fully saturated rings. The third-order valence-corrected chi connectivity index (χ3v) is 3.95. The molecule has 1 aromatic heterocycles. The third kappa shape index (κ3) is 3.38. The lowest BCUT2D eigenvalue weighted by Crippen LogP contribution is -2.25. The molecule has 2 aromatic rings. The van der Waals surface area contributed by atoms with Crippen LogP contribution in [0.1, 0.15) is 5.56 Å². The predicted molar refractivity (Wildman–Crippen MR) is 71.3 cm³/mol. The van der Waals surface area contributed by atoms with Gasteiger partial charge in [0.25, 0.3) is 15.7 Å². The maximum Gasteiger partial charge on any atom is 0.273 e. The van der Waals surface area contributed by atoms with Crippen LogP contribution < -0.4 is 4.72 Å². The minimum Gasteiger partial charge on any atom is -0.258 e. The smallest absolute Gasteiger partial charge is 0.258 e. The van der Waals surface area contributed by atoms with Gasteiger partial charge in [-0.25, -0.2) is 22.5 Å². The summed E-state index contributed by atoms with van der Waals surface area (Å²) in [6.07, 6.45) is 1.14. The summed E-state index contributed by atoms with van der Waals surface area (Å²) in [6, 6.07) is 7.90. The van der Waals surface area contributed by atoms with Crippen molar-refractivity contribution in [3.8, 4) is 0 Å². The van der Waals surface area contributed by atoms with E-state index in [0.717, 1.165) is 12.3 Å². The van der Waals surface area contributed by atoms with Crippen LogP contribution in [0.3, 0.4) is 0 Å². The number of halogens is 1. The van der Waals surface area contributed by atoms with Crippen LogP contribution in [0, 0.1) is 15.9 Å². The molecule has 7 nitrogen and oxygen atoms in total. The molecule has 9 heteroatoms. The van der Waals surface area contributed by atoms with Crippen molar-refractivity contribution < 1.29 is 17.7 Å². The lowest BCUT2D eigenvalue weighted by atomic mass is 10.2. The topological polar surface area (TPSA) is 102 Å². The molecule has 0 bridgehead atoms. The average molecular weight is 311 g/mol. The Morgan fingerprint density at radius 2 is 1.95 bits per heavy atom. The van der Waals surface area contributed by atoms with Crippen molar-refractivity contribution in [1.82, 2.24) is 9.71 Å². The van der Waals surface area contributed by atoms with Gasteiger partial charge < -0.3 is 0 Å². The quantitative estimate of drug-likeness (QED) is 0.667. The van der Waals surface area contributed by atoms with E-state index in [1.807, 2.05) is 0 Å². The maximum atomic E-state index is 13.4. The summed E-state index contributed by atoms with van der Waals surface area (Å²) in [5, 5.41) is 10.1. The van der Waals surface area contributed by atoms with E-state index in [-0.39, 0.29) is 17.8 Å². The van der Waals surface area contributed by atoms with E-state index >= 15 is 0 Å². The number of nitro benzene ring substituents is 1. The summed E-state index contributed by atoms with van der Waals surface area (Å²) in [4.78, 5) is 13.7. The summed E-state index contributed by atoms with van der Waals surface area (Å²) >= 11 is 0. The monoisotopic (exact) mass is 311 g/mol. The molecule has 0 saturated heterocycles. The summed E-state index contributed by atoms with van der Waals surface area (Å²) < 4.78 is 39.4. The van der Waals surface area contributed by atoms with Crippen molar-refractivity contribution in [2.75, 3.05) is 0 Å². The molecule has 0 amide bonds. The number of sulfonamides is 1. The Morgan fingerprint density at radius 1 is 1.24 bits per heavy atom. The van der Waals surface area contributed by atoms with Gasteiger partial charge in [0.1, 0.15) is 0 Å². The van der Waals surface area contributed by atoms with E-state index in [1.54, 1.807) is 0 Å². The molecule has 0 spiro atoms. The van der Waals surface area contributed by atoms with Crippen LogP contribution >= 0.6 is 0 Å². The van der Waals surface area contributed by atoms with Gasteiger partial charge in [-0.3, -0.25) is 10.1 Å². The first-order chi connectivity index (χ1) is 9.92. The number of rotatable bonds is 5. The minimum atomic E-state index is -4.19. The second-order valence-electron chi connectivity index (χ2n) is 4.00. The second kappa shape index (κ2) is 5.94. The lowest BCUT2D eigenvalue weighted by molar-refractivity contribution is -0.385. The molecule has 1 N–H and O–H groups in total. The van der Waals surface area contributed by atoms with Crippen molar-refractivity contribution in [2.45, 2.75) is 11.6 Å². The number of hydrogen-bond donors (Lipinski definition) is 1. The largest absolute Gasteiger partial charge is 0.273 e. The maximum absolute atomic E-state index is 13.4. The van der Waals surface area contributed by atoms with Crippen molar-refractivity contribution in [3.63, 3.8) is 0 Å². The van der Waals surface area contributed by atoms with E-state index in [9.17, 15) is 22.9 Å². The molecule has 0 unspecified atom stereocenters. The fraction of sp³-hybridized carbons (Fsp3) is 0.0833. The van der Waals surface area contributed by atoms with Crippen molar-refractivity contribution in [2.24, 2.45) is 0 Å². The van der Waals surface area contributed by atoms with Crippen molar-refractivity contribution >= 4 is 15.7 Å². The molecule has 2 rings (SSSR count). The van der Waals surface area contributed by atoms with E-state index in [0.29, 0.717) is 0 Å². The summed E-state index contributed by atoms with van der Waals surface area (Å²) in [5.74, 6) is -0.993. The van der Waals surface area contributed by atoms with E-state index in [4.69, 9.17) is 0 Å². The van der Waals surface area contributed by atoms with Crippen LogP contribution in [0.4, 0.5) is 10.1 Å². The number of nitrogens with zero attached hydrogens (tertiary/aromatic N) is 2. The highest BCUT2D eigenvalue weighted by Gasteiger charge is 2.21. The van der Waals surface area contributed by atoms with Crippen molar-refractivity contribution in [3.05, 3.63) is 64.1 Å². The zero-order valence-electron chi connectivity index (χ0n) is 10.6. The van der Waals surface area contributed by atoms with Crippen LogP contribution in [0.2, 0.25) is 0 Å². The van der Waals surface area contributed by atoms with E-state index in [2.05, 4.69) is 9.71 Å². The molecular weight excluding hydrogens is 301 g/mol. The normalized spacial score (nSPS) is 11.3. The van der Waals surface area contributed by atoms with Gasteiger partial charge >= 0.3 is 0 Å². The lowest BCUT2D eigenvalue weighted by Gasteiger charge is -2.07. The number of pyridine rings is 1. The molecule has 0 radical (unpaired) electrons. The number of benzene rings is 1. The summed E-state index contributed by atoms with van der Waals surface area (Å²) in [6.45, 7) is -0.338. The molecule has 1 heterocycles. The number of nitro groups is 1. The second-order valence-corrected chi connectivity index (χ2v) is 5.68. The molecular formula is C12H10FN3O4S. The average Bonchev–Trinajstić information content (AvgIpc) is 2.45. The fourth-order valence-corrected chi connectivity index (χ4v) is 2.66. The molecule has 0 saturated carbocycles. The van der Waals surface area contributed by atoms with E-state index < -0.39 is 25.8 Å². The number of hydrogen-bond acceptors (Lipinski definition) is 5. The van der Waals surface area contributed by atoms with Crippen LogP contribution in [0.25, 0.3) is 0 Å². The first-order valence-corrected chi connectivity index (χ1v) is 7.22. The zero-order valence-corrected chi connectivity index (χ0v) is 11.4. The van der Waals surface area contributed by atoms with Gasteiger partial charge in [-0.15, -0.1) is 0 Å². The first-order valence-electron chi connectivity index (χ1n) is 5.74. The van der Waals surface area contributed by atoms with Gasteiger partial charge in [0, 0.05) is 24.4 Å². The van der Waals surface area contributed by atoms with Crippen LogP contribution in [-0.2, 0) is 16.6 Å². The van der Waals surface area contributed by atoms with Gasteiger partial charge in [0.15, 0.2) is 5.82 Å². The van der Waals surface area contributed by atoms with Crippen molar-refractivity contribution in [1.29, 1.82) is 0 Å². The summed E-state index contributed by atoms with van der Waals surface area (Å²) in [5.41, 5.74) is -0.0518. The third-order valence-electron chi connectivity index (χ3n) is 2.62. The van der Waals surface area contributed by atoms with Gasteiger partial charge in [-0.2, -0.15) is 0 Å². The fourth-order valence-electron chi connectivity index (χ4n) is 1.65. The molecule has 0 atom stereocenters. The minimum absolute atomic E-state index is 0.169. The molecule has 110 valence electrons. The zero-order chi connectivity index (χ0) is 15.5. The summed E-state index contributed by atoms with van der Waals surface area (Å²) in [7, 11) is -4.19. The molecule has 0 aliphatic carbocycles. The standard InChI is InChI=1S/C12H10FN3O4S/c13-10-5-3-7-14-12(10)21(19,20)15-8-9-4-1-2-6-11(9)16(17)18/h1-7,15H,8H2. The van der Waals surface area contributed by atoms with Gasteiger partial charge in [-0.1, -0.05) is 18.2 Å². The predicted octanol–water partition coefficient (Wildman–Crippen LogP) is 1.61. The molecule has 0 aliphatic heterocycles. The number of nitrogens with one attached hydrogen (secondary N) is 1. The highest BCUT2D eigenvalue weighted by molar-refractivity contribution is 7.89. The highest BCUT2D eigenvalue weighted by atomic mass is 32.2. The number of aromatic nitrogens is 1. The Balaban J connectivity index is 2.24. The highest BCUT2D eigenvalue weighted by Crippen LogP contribution is 2.18. The molecule has 21 heavy (non-hydrogen) atoms. The number of para-hydroxylation sites is 1. The Hall–Kier alpha value is -2.39. The SMILES string of the molecule is O=[N+]([O-])c1ccccc1CNS(=O)(=O)c1ncccc1F. The van der Waals surface area contributed by atoms with E-state index in [1.165, 1.54) is 30.3 Å². The Bertz CT molecular complexity index is 780. The Labute approximate surface area is 119 Å². The van der Waals surface area contributed by atoms with Crippen LogP contribution in [-0.4, -0.2) is 18.3 Å².